The summed E-state index contributed by atoms with van der Waals surface area (Å²) in [5.74, 6) is -0.447. The van der Waals surface area contributed by atoms with Crippen molar-refractivity contribution < 1.29 is 32.6 Å². The summed E-state index contributed by atoms with van der Waals surface area (Å²) in [7, 11) is 0. The highest BCUT2D eigenvalue weighted by Gasteiger charge is 2.17. The van der Waals surface area contributed by atoms with Gasteiger partial charge in [0, 0.05) is 16.6 Å². The van der Waals surface area contributed by atoms with Gasteiger partial charge < -0.3 is 20.1 Å². The number of alkyl halides is 2. The van der Waals surface area contributed by atoms with E-state index in [9.17, 15) is 23.2 Å². The Morgan fingerprint density at radius 2 is 1.97 bits per heavy atom. The lowest BCUT2D eigenvalue weighted by Crippen LogP contribution is -2.23. The number of benzene rings is 2. The van der Waals surface area contributed by atoms with Crippen molar-refractivity contribution in [3.8, 4) is 5.75 Å². The Kier molecular flexibility index (Phi) is 10.8. The average Bonchev–Trinajstić information content (AvgIpc) is 2.77. The maximum atomic E-state index is 12.5. The molecule has 0 aliphatic carbocycles. The van der Waals surface area contributed by atoms with Crippen molar-refractivity contribution in [3.05, 3.63) is 58.1 Å². The van der Waals surface area contributed by atoms with E-state index in [0.29, 0.717) is 29.0 Å². The zero-order valence-corrected chi connectivity index (χ0v) is 19.6. The number of hydrogen-bond donors (Lipinski definition) is 2. The molecule has 0 saturated carbocycles. The Morgan fingerprint density at radius 3 is 2.67 bits per heavy atom. The lowest BCUT2D eigenvalue weighted by molar-refractivity contribution is -0.143. The van der Waals surface area contributed by atoms with Crippen LogP contribution in [0.4, 0.5) is 14.5 Å². The average molecular weight is 527 g/mol. The second-order valence-corrected chi connectivity index (χ2v) is 7.89. The van der Waals surface area contributed by atoms with Gasteiger partial charge >= 0.3 is 5.97 Å². The summed E-state index contributed by atoms with van der Waals surface area (Å²) in [6.45, 7) is 1.20. The van der Waals surface area contributed by atoms with Crippen LogP contribution in [0.1, 0.15) is 36.9 Å². The number of rotatable bonds is 13. The molecule has 0 aliphatic heterocycles. The molecule has 2 rings (SSSR count). The van der Waals surface area contributed by atoms with Crippen LogP contribution < -0.4 is 15.4 Å². The minimum Gasteiger partial charge on any atom is -0.487 e. The van der Waals surface area contributed by atoms with Crippen molar-refractivity contribution >= 4 is 39.9 Å². The van der Waals surface area contributed by atoms with Gasteiger partial charge in [-0.3, -0.25) is 14.4 Å². The van der Waals surface area contributed by atoms with E-state index < -0.39 is 25.0 Å². The molecule has 2 aromatic rings. The molecule has 10 heteroatoms. The molecule has 33 heavy (non-hydrogen) atoms. The molecule has 0 spiro atoms. The molecule has 0 unspecified atom stereocenters. The highest BCUT2D eigenvalue weighted by atomic mass is 79.9. The van der Waals surface area contributed by atoms with Crippen LogP contribution in [0.5, 0.6) is 5.75 Å². The first-order chi connectivity index (χ1) is 15.8. The van der Waals surface area contributed by atoms with Crippen LogP contribution in [-0.2, 0) is 25.5 Å². The van der Waals surface area contributed by atoms with E-state index >= 15 is 0 Å². The minimum atomic E-state index is -2.60. The summed E-state index contributed by atoms with van der Waals surface area (Å²) >= 11 is 3.33. The monoisotopic (exact) mass is 526 g/mol. The predicted molar refractivity (Wildman–Crippen MR) is 122 cm³/mol. The van der Waals surface area contributed by atoms with E-state index in [1.807, 2.05) is 0 Å². The molecule has 0 radical (unpaired) electrons. The molecule has 2 N–H and O–H groups in total. The number of hydrogen-bond acceptors (Lipinski definition) is 5. The SMILES string of the molecule is CCOC(=O)C[C@@H](NC=O)c1cccc(NC(=O)CCc2cc(Br)ccc2OCC(F)F)c1. The van der Waals surface area contributed by atoms with E-state index in [0.717, 1.165) is 4.47 Å². The van der Waals surface area contributed by atoms with E-state index in [2.05, 4.69) is 26.6 Å². The van der Waals surface area contributed by atoms with Crippen LogP contribution in [0, 0.1) is 0 Å². The van der Waals surface area contributed by atoms with Gasteiger partial charge in [0.1, 0.15) is 12.4 Å². The maximum Gasteiger partial charge on any atom is 0.308 e. The first-order valence-corrected chi connectivity index (χ1v) is 11.1. The number of aryl methyl sites for hydroxylation is 1. The van der Waals surface area contributed by atoms with E-state index in [4.69, 9.17) is 9.47 Å². The Bertz CT molecular complexity index is 958. The Morgan fingerprint density at radius 1 is 1.18 bits per heavy atom. The van der Waals surface area contributed by atoms with Crippen LogP contribution in [-0.4, -0.2) is 37.9 Å². The summed E-state index contributed by atoms with van der Waals surface area (Å²) in [4.78, 5) is 35.3. The number of carbonyl (C=O) groups is 3. The maximum absolute atomic E-state index is 12.5. The molecule has 0 aromatic heterocycles. The molecule has 178 valence electrons. The van der Waals surface area contributed by atoms with Gasteiger partial charge in [0.2, 0.25) is 12.3 Å². The lowest BCUT2D eigenvalue weighted by Gasteiger charge is -2.17. The van der Waals surface area contributed by atoms with Gasteiger partial charge in [-0.05, 0) is 54.8 Å². The fraction of sp³-hybridized carbons (Fsp3) is 0.348. The molecular formula is C23H25BrF2N2O5. The normalized spacial score (nSPS) is 11.5. The second-order valence-electron chi connectivity index (χ2n) is 6.97. The fourth-order valence-corrected chi connectivity index (χ4v) is 3.49. The number of esters is 1. The molecular weight excluding hydrogens is 502 g/mol. The van der Waals surface area contributed by atoms with Crippen LogP contribution in [0.25, 0.3) is 0 Å². The van der Waals surface area contributed by atoms with Gasteiger partial charge in [0.25, 0.3) is 6.43 Å². The number of nitrogens with one attached hydrogen (secondary N) is 2. The third-order valence-corrected chi connectivity index (χ3v) is 5.02. The zero-order chi connectivity index (χ0) is 24.2. The van der Waals surface area contributed by atoms with Gasteiger partial charge in [0.05, 0.1) is 19.1 Å². The van der Waals surface area contributed by atoms with Crippen LogP contribution in [0.15, 0.2) is 46.9 Å². The number of anilines is 1. The first-order valence-electron chi connectivity index (χ1n) is 10.3. The number of carbonyl (C=O) groups excluding carboxylic acids is 3. The van der Waals surface area contributed by atoms with Gasteiger partial charge in [0.15, 0.2) is 0 Å². The summed E-state index contributed by atoms with van der Waals surface area (Å²) in [5.41, 5.74) is 1.74. The van der Waals surface area contributed by atoms with E-state index in [1.165, 1.54) is 0 Å². The van der Waals surface area contributed by atoms with E-state index in [-0.39, 0.29) is 31.8 Å². The minimum absolute atomic E-state index is 0.0474. The molecule has 2 aromatic carbocycles. The van der Waals surface area contributed by atoms with Crippen LogP contribution >= 0.6 is 15.9 Å². The summed E-state index contributed by atoms with van der Waals surface area (Å²) in [6, 6.07) is 11.1. The van der Waals surface area contributed by atoms with Crippen LogP contribution in [0.2, 0.25) is 0 Å². The topological polar surface area (TPSA) is 93.7 Å². The zero-order valence-electron chi connectivity index (χ0n) is 18.0. The van der Waals surface area contributed by atoms with Gasteiger partial charge in [-0.2, -0.15) is 0 Å². The second kappa shape index (κ2) is 13.5. The van der Waals surface area contributed by atoms with Gasteiger partial charge in [-0.25, -0.2) is 8.78 Å². The summed E-state index contributed by atoms with van der Waals surface area (Å²) in [5, 5.41) is 5.35. The number of halogens is 3. The van der Waals surface area contributed by atoms with Gasteiger partial charge in [-0.1, -0.05) is 28.1 Å². The molecule has 0 fully saturated rings. The molecule has 0 bridgehead atoms. The predicted octanol–water partition coefficient (Wildman–Crippen LogP) is 4.40. The number of amides is 2. The van der Waals surface area contributed by atoms with Crippen molar-refractivity contribution in [2.75, 3.05) is 18.5 Å². The summed E-state index contributed by atoms with van der Waals surface area (Å²) in [6.07, 6.45) is -1.78. The highest BCUT2D eigenvalue weighted by molar-refractivity contribution is 9.10. The fourth-order valence-electron chi connectivity index (χ4n) is 3.08. The van der Waals surface area contributed by atoms with Crippen molar-refractivity contribution in [1.29, 1.82) is 0 Å². The first kappa shape index (κ1) is 26.2. The van der Waals surface area contributed by atoms with Gasteiger partial charge in [-0.15, -0.1) is 0 Å². The smallest absolute Gasteiger partial charge is 0.308 e. The summed E-state index contributed by atoms with van der Waals surface area (Å²) < 4.78 is 35.8. The molecule has 2 amide bonds. The molecule has 0 heterocycles. The standard InChI is InChI=1S/C23H25BrF2N2O5/c1-2-32-23(31)12-19(27-14-29)15-4-3-5-18(11-15)28-22(30)9-6-16-10-17(24)7-8-20(16)33-13-21(25)26/h3-5,7-8,10-11,14,19,21H,2,6,9,12-13H2,1H3,(H,27,29)(H,28,30)/t19-/m1/s1. The Labute approximate surface area is 199 Å². The Balaban J connectivity index is 2.03. The highest BCUT2D eigenvalue weighted by Crippen LogP contribution is 2.26. The number of ether oxygens (including phenoxy) is 2. The van der Waals surface area contributed by atoms with E-state index in [1.54, 1.807) is 49.4 Å². The van der Waals surface area contributed by atoms with Crippen molar-refractivity contribution in [3.63, 3.8) is 0 Å². The molecule has 7 nitrogen and oxygen atoms in total. The molecule has 1 atom stereocenters. The van der Waals surface area contributed by atoms with Crippen molar-refractivity contribution in [2.45, 2.75) is 38.7 Å². The van der Waals surface area contributed by atoms with Crippen LogP contribution in [0.3, 0.4) is 0 Å². The van der Waals surface area contributed by atoms with Crippen molar-refractivity contribution in [1.82, 2.24) is 5.32 Å². The lowest BCUT2D eigenvalue weighted by atomic mass is 10.0. The quantitative estimate of drug-likeness (QED) is 0.298. The Hall–Kier alpha value is -3.01. The largest absolute Gasteiger partial charge is 0.487 e. The third kappa shape index (κ3) is 9.17. The van der Waals surface area contributed by atoms with Crippen molar-refractivity contribution in [2.24, 2.45) is 0 Å². The molecule has 0 aliphatic rings. The molecule has 0 saturated heterocycles. The third-order valence-electron chi connectivity index (χ3n) is 4.53.